The first-order valence-electron chi connectivity index (χ1n) is 7.50. The van der Waals surface area contributed by atoms with Crippen LogP contribution < -0.4 is 10.3 Å². The first-order valence-corrected chi connectivity index (χ1v) is 7.50. The lowest BCUT2D eigenvalue weighted by Gasteiger charge is -2.08. The molecule has 0 amide bonds. The van der Waals surface area contributed by atoms with Crippen LogP contribution in [0.3, 0.4) is 0 Å². The molecule has 5 heteroatoms. The quantitative estimate of drug-likeness (QED) is 0.696. The molecular formula is C19H16N2O3. The topological polar surface area (TPSA) is 61.2 Å². The summed E-state index contributed by atoms with van der Waals surface area (Å²) in [6, 6.07) is 17.0. The highest BCUT2D eigenvalue weighted by Gasteiger charge is 2.12. The number of ether oxygens (including phenoxy) is 1. The molecule has 0 spiro atoms. The molecule has 0 fully saturated rings. The largest absolute Gasteiger partial charge is 0.402 e. The van der Waals surface area contributed by atoms with Gasteiger partial charge in [-0.25, -0.2) is 4.79 Å². The third-order valence-electron chi connectivity index (χ3n) is 3.72. The lowest BCUT2D eigenvalue weighted by Crippen LogP contribution is -2.21. The summed E-state index contributed by atoms with van der Waals surface area (Å²) in [6.07, 6.45) is 0. The van der Waals surface area contributed by atoms with Crippen LogP contribution in [0.25, 0.3) is 5.69 Å². The molecule has 1 heterocycles. The highest BCUT2D eigenvalue weighted by Crippen LogP contribution is 2.13. The Labute approximate surface area is 139 Å². The Morgan fingerprint density at radius 2 is 1.71 bits per heavy atom. The first kappa shape index (κ1) is 15.7. The minimum absolute atomic E-state index is 0.0710. The fourth-order valence-electron chi connectivity index (χ4n) is 2.23. The van der Waals surface area contributed by atoms with Gasteiger partial charge in [-0.05, 0) is 49.2 Å². The van der Waals surface area contributed by atoms with Crippen molar-refractivity contribution in [3.05, 3.63) is 87.7 Å². The molecule has 0 aliphatic carbocycles. The molecule has 2 aromatic carbocycles. The molecule has 3 rings (SSSR count). The van der Waals surface area contributed by atoms with Crippen molar-refractivity contribution < 1.29 is 9.53 Å². The summed E-state index contributed by atoms with van der Waals surface area (Å²) in [6.45, 7) is 3.90. The number of esters is 1. The van der Waals surface area contributed by atoms with E-state index in [1.807, 2.05) is 26.0 Å². The standard InChI is InChI=1S/C19H16N2O3/c1-13-8-9-15(12-14(13)2)19(23)24-17-10-11-18(22)21(20-17)16-6-4-3-5-7-16/h3-12H,1-2H3. The molecule has 0 radical (unpaired) electrons. The molecule has 0 bridgehead atoms. The van der Waals surface area contributed by atoms with Crippen molar-refractivity contribution in [1.29, 1.82) is 0 Å². The van der Waals surface area contributed by atoms with Gasteiger partial charge >= 0.3 is 5.97 Å². The van der Waals surface area contributed by atoms with Gasteiger partial charge in [0.25, 0.3) is 5.56 Å². The van der Waals surface area contributed by atoms with Crippen molar-refractivity contribution in [1.82, 2.24) is 9.78 Å². The van der Waals surface area contributed by atoms with Gasteiger partial charge in [-0.2, -0.15) is 4.68 Å². The Bertz CT molecular complexity index is 946. The summed E-state index contributed by atoms with van der Waals surface area (Å²) in [5.74, 6) is -0.439. The number of carbonyl (C=O) groups is 1. The monoisotopic (exact) mass is 320 g/mol. The van der Waals surface area contributed by atoms with Gasteiger partial charge in [0.05, 0.1) is 11.3 Å². The second-order valence-corrected chi connectivity index (χ2v) is 5.45. The molecule has 5 nitrogen and oxygen atoms in total. The Hall–Kier alpha value is -3.21. The predicted octanol–water partition coefficient (Wildman–Crippen LogP) is 3.07. The van der Waals surface area contributed by atoms with E-state index in [1.54, 1.807) is 36.4 Å². The van der Waals surface area contributed by atoms with E-state index in [9.17, 15) is 9.59 Å². The smallest absolute Gasteiger partial charge is 0.344 e. The molecule has 0 unspecified atom stereocenters. The Kier molecular flexibility index (Phi) is 4.24. The van der Waals surface area contributed by atoms with Gasteiger partial charge in [-0.15, -0.1) is 5.10 Å². The van der Waals surface area contributed by atoms with Gasteiger partial charge in [0.15, 0.2) is 0 Å². The minimum Gasteiger partial charge on any atom is -0.402 e. The SMILES string of the molecule is Cc1ccc(C(=O)Oc2ccc(=O)n(-c3ccccc3)n2)cc1C. The maximum Gasteiger partial charge on any atom is 0.344 e. The molecule has 0 saturated heterocycles. The van der Waals surface area contributed by atoms with Crippen LogP contribution in [-0.2, 0) is 0 Å². The van der Waals surface area contributed by atoms with Gasteiger partial charge in [0.2, 0.25) is 5.88 Å². The summed E-state index contributed by atoms with van der Waals surface area (Å²) in [4.78, 5) is 24.2. The van der Waals surface area contributed by atoms with Gasteiger partial charge in [0, 0.05) is 12.1 Å². The van der Waals surface area contributed by atoms with Crippen LogP contribution in [0.5, 0.6) is 5.88 Å². The number of para-hydroxylation sites is 1. The number of hydrogen-bond acceptors (Lipinski definition) is 4. The van der Waals surface area contributed by atoms with E-state index < -0.39 is 5.97 Å². The van der Waals surface area contributed by atoms with Gasteiger partial charge in [-0.3, -0.25) is 4.79 Å². The van der Waals surface area contributed by atoms with E-state index in [2.05, 4.69) is 5.10 Å². The molecule has 0 aliphatic rings. The summed E-state index contributed by atoms with van der Waals surface area (Å²) in [5, 5.41) is 4.11. The molecule has 1 aromatic heterocycles. The van der Waals surface area contributed by atoms with Crippen LogP contribution in [0.1, 0.15) is 21.5 Å². The van der Waals surface area contributed by atoms with E-state index in [0.717, 1.165) is 11.1 Å². The third-order valence-corrected chi connectivity index (χ3v) is 3.72. The van der Waals surface area contributed by atoms with E-state index in [4.69, 9.17) is 4.74 Å². The molecule has 120 valence electrons. The van der Waals surface area contributed by atoms with Crippen LogP contribution in [0.2, 0.25) is 0 Å². The number of nitrogens with zero attached hydrogens (tertiary/aromatic N) is 2. The zero-order valence-electron chi connectivity index (χ0n) is 13.4. The van der Waals surface area contributed by atoms with Crippen LogP contribution in [0.4, 0.5) is 0 Å². The second kappa shape index (κ2) is 6.50. The van der Waals surface area contributed by atoms with Crippen molar-refractivity contribution in [2.45, 2.75) is 13.8 Å². The van der Waals surface area contributed by atoms with Gasteiger partial charge in [-0.1, -0.05) is 24.3 Å². The molecule has 0 aliphatic heterocycles. The van der Waals surface area contributed by atoms with Crippen LogP contribution >= 0.6 is 0 Å². The predicted molar refractivity (Wildman–Crippen MR) is 90.7 cm³/mol. The highest BCUT2D eigenvalue weighted by molar-refractivity contribution is 5.91. The maximum atomic E-state index is 12.3. The molecular weight excluding hydrogens is 304 g/mol. The third kappa shape index (κ3) is 3.25. The van der Waals surface area contributed by atoms with Crippen LogP contribution in [-0.4, -0.2) is 15.7 Å². The molecule has 0 N–H and O–H groups in total. The molecule has 0 atom stereocenters. The maximum absolute atomic E-state index is 12.3. The summed E-state index contributed by atoms with van der Waals surface area (Å²) >= 11 is 0. The van der Waals surface area contributed by atoms with Crippen LogP contribution in [0, 0.1) is 13.8 Å². The average molecular weight is 320 g/mol. The van der Waals surface area contributed by atoms with Crippen molar-refractivity contribution in [3.8, 4) is 11.6 Å². The second-order valence-electron chi connectivity index (χ2n) is 5.45. The zero-order valence-corrected chi connectivity index (χ0v) is 13.4. The van der Waals surface area contributed by atoms with E-state index >= 15 is 0 Å². The van der Waals surface area contributed by atoms with E-state index in [1.165, 1.54) is 16.8 Å². The van der Waals surface area contributed by atoms with Crippen LogP contribution in [0.15, 0.2) is 65.5 Å². The number of aromatic nitrogens is 2. The van der Waals surface area contributed by atoms with E-state index in [0.29, 0.717) is 11.3 Å². The van der Waals surface area contributed by atoms with Crippen molar-refractivity contribution in [2.75, 3.05) is 0 Å². The Balaban J connectivity index is 1.89. The Morgan fingerprint density at radius 1 is 0.958 bits per heavy atom. The van der Waals surface area contributed by atoms with Gasteiger partial charge in [0.1, 0.15) is 0 Å². The lowest BCUT2D eigenvalue weighted by atomic mass is 10.1. The number of aryl methyl sites for hydroxylation is 2. The molecule has 3 aromatic rings. The lowest BCUT2D eigenvalue weighted by molar-refractivity contribution is 0.0724. The summed E-state index contributed by atoms with van der Waals surface area (Å²) in [7, 11) is 0. The summed E-state index contributed by atoms with van der Waals surface area (Å²) < 4.78 is 6.50. The summed E-state index contributed by atoms with van der Waals surface area (Å²) in [5.41, 5.74) is 2.85. The Morgan fingerprint density at radius 3 is 2.42 bits per heavy atom. The number of benzene rings is 2. The molecule has 0 saturated carbocycles. The van der Waals surface area contributed by atoms with Gasteiger partial charge < -0.3 is 4.74 Å². The van der Waals surface area contributed by atoms with Crippen molar-refractivity contribution in [2.24, 2.45) is 0 Å². The average Bonchev–Trinajstić information content (AvgIpc) is 2.59. The van der Waals surface area contributed by atoms with Crippen molar-refractivity contribution >= 4 is 5.97 Å². The number of hydrogen-bond donors (Lipinski definition) is 0. The first-order chi connectivity index (χ1) is 11.5. The minimum atomic E-state index is -0.510. The van der Waals surface area contributed by atoms with Crippen molar-refractivity contribution in [3.63, 3.8) is 0 Å². The number of rotatable bonds is 3. The van der Waals surface area contributed by atoms with E-state index in [-0.39, 0.29) is 11.4 Å². The zero-order chi connectivity index (χ0) is 17.1. The highest BCUT2D eigenvalue weighted by atomic mass is 16.5. The number of carbonyl (C=O) groups excluding carboxylic acids is 1. The molecule has 24 heavy (non-hydrogen) atoms. The fraction of sp³-hybridized carbons (Fsp3) is 0.105. The fourth-order valence-corrected chi connectivity index (χ4v) is 2.23. The normalized spacial score (nSPS) is 10.4.